The molecule has 0 fully saturated rings. The first kappa shape index (κ1) is 12.4. The molecule has 4 N–H and O–H groups in total. The molecule has 0 heterocycles. The molecule has 0 atom stereocenters. The number of nitrogens with zero attached hydrogens (tertiary/aromatic N) is 1. The maximum absolute atomic E-state index is 12.6. The Labute approximate surface area is 91.1 Å². The van der Waals surface area contributed by atoms with Crippen molar-refractivity contribution in [3.05, 3.63) is 41.7 Å². The van der Waals surface area contributed by atoms with E-state index in [-0.39, 0.29) is 11.4 Å². The summed E-state index contributed by atoms with van der Waals surface area (Å²) in [6.45, 7) is 1.16. The van der Waals surface area contributed by atoms with Crippen LogP contribution >= 0.6 is 0 Å². The van der Waals surface area contributed by atoms with Crippen LogP contribution in [0.15, 0.2) is 41.7 Å². The van der Waals surface area contributed by atoms with Crippen LogP contribution in [0.25, 0.3) is 0 Å². The van der Waals surface area contributed by atoms with Gasteiger partial charge < -0.3 is 5.73 Å². The number of allylic oxidation sites excluding steroid dienone is 2. The number of halogens is 3. The van der Waals surface area contributed by atoms with Gasteiger partial charge in [-0.1, -0.05) is 18.2 Å². The molecule has 0 aliphatic carbocycles. The van der Waals surface area contributed by atoms with Crippen LogP contribution in [0, 0.1) is 0 Å². The van der Waals surface area contributed by atoms with Crippen LogP contribution in [0.5, 0.6) is 0 Å². The molecular weight excluding hydrogens is 219 g/mol. The average Bonchev–Trinajstić information content (AvgIpc) is 2.16. The summed E-state index contributed by atoms with van der Waals surface area (Å²) in [7, 11) is 0. The Balaban J connectivity index is 3.14. The summed E-state index contributed by atoms with van der Waals surface area (Å²) in [5.41, 5.74) is 3.99. The Kier molecular flexibility index (Phi) is 3.44. The largest absolute Gasteiger partial charge is 0.434 e. The molecule has 0 saturated carbocycles. The van der Waals surface area contributed by atoms with E-state index in [4.69, 9.17) is 11.6 Å². The summed E-state index contributed by atoms with van der Waals surface area (Å²) in [6, 6.07) is 7.80. The third kappa shape index (κ3) is 2.66. The molecule has 0 saturated heterocycles. The molecule has 16 heavy (non-hydrogen) atoms. The van der Waals surface area contributed by atoms with Crippen LogP contribution < -0.4 is 16.6 Å². The van der Waals surface area contributed by atoms with Crippen LogP contribution in [0.1, 0.15) is 6.92 Å². The molecule has 1 aromatic rings. The Morgan fingerprint density at radius 1 is 1.19 bits per heavy atom. The van der Waals surface area contributed by atoms with E-state index in [1.807, 2.05) is 0 Å². The van der Waals surface area contributed by atoms with Gasteiger partial charge in [-0.2, -0.15) is 13.2 Å². The molecule has 0 aliphatic rings. The van der Waals surface area contributed by atoms with Gasteiger partial charge in [-0.3, -0.25) is 5.01 Å². The standard InChI is InChI=1S/C10H12F3N3/c1-7(14)9(10(11,12)13)16(15)8-5-3-2-4-6-8/h2-6H,14-15H2,1H3/b9-7-. The second-order valence-electron chi connectivity index (χ2n) is 3.23. The zero-order valence-corrected chi connectivity index (χ0v) is 8.62. The Bertz CT molecular complexity index is 380. The Morgan fingerprint density at radius 2 is 1.69 bits per heavy atom. The topological polar surface area (TPSA) is 55.3 Å². The van der Waals surface area contributed by atoms with Gasteiger partial charge in [0.2, 0.25) is 0 Å². The van der Waals surface area contributed by atoms with Gasteiger partial charge in [-0.15, -0.1) is 0 Å². The van der Waals surface area contributed by atoms with E-state index < -0.39 is 11.9 Å². The van der Waals surface area contributed by atoms with Crippen molar-refractivity contribution < 1.29 is 13.2 Å². The molecule has 6 heteroatoms. The number of rotatable bonds is 2. The van der Waals surface area contributed by atoms with Gasteiger partial charge in [0.25, 0.3) is 0 Å². The van der Waals surface area contributed by atoms with Gasteiger partial charge in [0.15, 0.2) is 5.70 Å². The van der Waals surface area contributed by atoms with E-state index in [2.05, 4.69) is 0 Å². The molecule has 0 amide bonds. The minimum Gasteiger partial charge on any atom is -0.401 e. The molecule has 0 aromatic heterocycles. The maximum atomic E-state index is 12.6. The van der Waals surface area contributed by atoms with E-state index in [0.29, 0.717) is 5.01 Å². The van der Waals surface area contributed by atoms with Crippen LogP contribution in [0.3, 0.4) is 0 Å². The predicted molar refractivity (Wildman–Crippen MR) is 56.1 cm³/mol. The van der Waals surface area contributed by atoms with Crippen molar-refractivity contribution in [1.29, 1.82) is 0 Å². The third-order valence-electron chi connectivity index (χ3n) is 1.92. The minimum atomic E-state index is -4.58. The minimum absolute atomic E-state index is 0.222. The number of anilines is 1. The molecule has 0 spiro atoms. The fraction of sp³-hybridized carbons (Fsp3) is 0.200. The number of nitrogens with two attached hydrogens (primary N) is 2. The lowest BCUT2D eigenvalue weighted by atomic mass is 10.2. The van der Waals surface area contributed by atoms with E-state index in [9.17, 15) is 13.2 Å². The average molecular weight is 231 g/mol. The molecule has 0 unspecified atom stereocenters. The molecule has 0 aliphatic heterocycles. The maximum Gasteiger partial charge on any atom is 0.434 e. The van der Waals surface area contributed by atoms with E-state index in [1.165, 1.54) is 12.1 Å². The zero-order chi connectivity index (χ0) is 12.3. The number of para-hydroxylation sites is 1. The van der Waals surface area contributed by atoms with Crippen molar-refractivity contribution in [3.63, 3.8) is 0 Å². The van der Waals surface area contributed by atoms with Gasteiger partial charge in [0.05, 0.1) is 5.69 Å². The molecule has 1 rings (SSSR count). The number of hydrazine groups is 1. The fourth-order valence-corrected chi connectivity index (χ4v) is 1.27. The number of alkyl halides is 3. The van der Waals surface area contributed by atoms with Gasteiger partial charge >= 0.3 is 6.18 Å². The van der Waals surface area contributed by atoms with Crippen LogP contribution in [-0.4, -0.2) is 6.18 Å². The van der Waals surface area contributed by atoms with E-state index in [0.717, 1.165) is 6.92 Å². The van der Waals surface area contributed by atoms with Gasteiger partial charge in [0, 0.05) is 5.70 Å². The monoisotopic (exact) mass is 231 g/mol. The summed E-state index contributed by atoms with van der Waals surface area (Å²) in [6.07, 6.45) is -4.58. The van der Waals surface area contributed by atoms with Crippen LogP contribution in [0.4, 0.5) is 18.9 Å². The van der Waals surface area contributed by atoms with E-state index in [1.54, 1.807) is 18.2 Å². The summed E-state index contributed by atoms with van der Waals surface area (Å²) in [4.78, 5) is 0. The second kappa shape index (κ2) is 4.44. The molecule has 0 radical (unpaired) electrons. The number of hydrogen-bond donors (Lipinski definition) is 2. The lowest BCUT2D eigenvalue weighted by Crippen LogP contribution is -2.39. The summed E-state index contributed by atoms with van der Waals surface area (Å²) in [5.74, 6) is 5.40. The van der Waals surface area contributed by atoms with Gasteiger partial charge in [-0.05, 0) is 19.1 Å². The SMILES string of the molecule is C/C(N)=C(/N(N)c1ccccc1)C(F)(F)F. The molecule has 1 aromatic carbocycles. The lowest BCUT2D eigenvalue weighted by molar-refractivity contribution is -0.0943. The van der Waals surface area contributed by atoms with Gasteiger partial charge in [-0.25, -0.2) is 5.84 Å². The zero-order valence-electron chi connectivity index (χ0n) is 8.62. The van der Waals surface area contributed by atoms with Crippen molar-refractivity contribution in [2.24, 2.45) is 11.6 Å². The van der Waals surface area contributed by atoms with E-state index >= 15 is 0 Å². The first-order valence-corrected chi connectivity index (χ1v) is 4.47. The highest BCUT2D eigenvalue weighted by Crippen LogP contribution is 2.31. The van der Waals surface area contributed by atoms with Crippen LogP contribution in [-0.2, 0) is 0 Å². The molecule has 0 bridgehead atoms. The van der Waals surface area contributed by atoms with Crippen LogP contribution in [0.2, 0.25) is 0 Å². The van der Waals surface area contributed by atoms with Gasteiger partial charge in [0.1, 0.15) is 0 Å². The first-order valence-electron chi connectivity index (χ1n) is 4.47. The summed E-state index contributed by atoms with van der Waals surface area (Å²) >= 11 is 0. The predicted octanol–water partition coefficient (Wildman–Crippen LogP) is 2.12. The molecular formula is C10H12F3N3. The van der Waals surface area contributed by atoms with Crippen molar-refractivity contribution in [2.75, 3.05) is 5.01 Å². The molecule has 3 nitrogen and oxygen atoms in total. The Hall–Kier alpha value is -1.69. The van der Waals surface area contributed by atoms with Crippen molar-refractivity contribution >= 4 is 5.69 Å². The number of benzene rings is 1. The van der Waals surface area contributed by atoms with Crippen molar-refractivity contribution in [3.8, 4) is 0 Å². The summed E-state index contributed by atoms with van der Waals surface area (Å²) < 4.78 is 37.9. The van der Waals surface area contributed by atoms with Crippen molar-refractivity contribution in [1.82, 2.24) is 0 Å². The van der Waals surface area contributed by atoms with Crippen molar-refractivity contribution in [2.45, 2.75) is 13.1 Å². The highest BCUT2D eigenvalue weighted by molar-refractivity contribution is 5.51. The highest BCUT2D eigenvalue weighted by Gasteiger charge is 2.39. The third-order valence-corrected chi connectivity index (χ3v) is 1.92. The summed E-state index contributed by atoms with van der Waals surface area (Å²) in [5, 5.41) is 0.537. The molecule has 88 valence electrons. The highest BCUT2D eigenvalue weighted by atomic mass is 19.4. The lowest BCUT2D eigenvalue weighted by Gasteiger charge is -2.24. The fourth-order valence-electron chi connectivity index (χ4n) is 1.27. The normalized spacial score (nSPS) is 13.3. The second-order valence-corrected chi connectivity index (χ2v) is 3.23. The number of hydrogen-bond acceptors (Lipinski definition) is 3. The Morgan fingerprint density at radius 3 is 2.06 bits per heavy atom. The quantitative estimate of drug-likeness (QED) is 0.605. The smallest absolute Gasteiger partial charge is 0.401 e. The first-order chi connectivity index (χ1) is 7.34.